The Morgan fingerprint density at radius 1 is 1.33 bits per heavy atom. The normalized spacial score (nSPS) is 23.9. The van der Waals surface area contributed by atoms with Crippen LogP contribution in [0.2, 0.25) is 0 Å². The van der Waals surface area contributed by atoms with Gasteiger partial charge in [0.1, 0.15) is 0 Å². The highest BCUT2D eigenvalue weighted by Crippen LogP contribution is 2.47. The van der Waals surface area contributed by atoms with E-state index in [0.29, 0.717) is 5.41 Å². The third kappa shape index (κ3) is 4.71. The van der Waals surface area contributed by atoms with Gasteiger partial charge in [0.25, 0.3) is 0 Å². The Balaban J connectivity index is 0.00000161. The molecule has 0 bridgehead atoms. The van der Waals surface area contributed by atoms with E-state index < -0.39 is 0 Å². The van der Waals surface area contributed by atoms with Crippen molar-refractivity contribution in [1.82, 2.24) is 10.2 Å². The lowest BCUT2D eigenvalue weighted by molar-refractivity contribution is 0.122. The predicted octanol–water partition coefficient (Wildman–Crippen LogP) is 2.87. The van der Waals surface area contributed by atoms with Crippen LogP contribution in [0, 0.1) is 11.3 Å². The summed E-state index contributed by atoms with van der Waals surface area (Å²) in [5.74, 6) is 1.97. The number of aliphatic imine (C=N–C) groups is 1. The van der Waals surface area contributed by atoms with E-state index in [4.69, 9.17) is 4.74 Å². The number of nitrogens with zero attached hydrogens (tertiary/aromatic N) is 2. The minimum absolute atomic E-state index is 0. The van der Waals surface area contributed by atoms with Gasteiger partial charge in [0, 0.05) is 39.9 Å². The Morgan fingerprint density at radius 2 is 2.14 bits per heavy atom. The van der Waals surface area contributed by atoms with Crippen molar-refractivity contribution in [2.75, 3.05) is 39.9 Å². The molecule has 1 heterocycles. The van der Waals surface area contributed by atoms with E-state index in [1.165, 1.54) is 51.6 Å². The molecule has 2 saturated carbocycles. The third-order valence-electron chi connectivity index (χ3n) is 5.16. The van der Waals surface area contributed by atoms with Crippen molar-refractivity contribution >= 4 is 29.9 Å². The molecule has 0 aromatic rings. The lowest BCUT2D eigenvalue weighted by Gasteiger charge is -2.38. The van der Waals surface area contributed by atoms with Gasteiger partial charge in [-0.15, -0.1) is 24.0 Å². The quantitative estimate of drug-likeness (QED) is 0.319. The molecule has 3 aliphatic rings. The van der Waals surface area contributed by atoms with Crippen molar-refractivity contribution in [3.63, 3.8) is 0 Å². The van der Waals surface area contributed by atoms with Crippen LogP contribution in [0.5, 0.6) is 0 Å². The minimum Gasteiger partial charge on any atom is -0.381 e. The van der Waals surface area contributed by atoms with Crippen molar-refractivity contribution < 1.29 is 4.74 Å². The Hall–Kier alpha value is -0.0400. The van der Waals surface area contributed by atoms with Crippen molar-refractivity contribution in [1.29, 1.82) is 0 Å². The van der Waals surface area contributed by atoms with E-state index in [1.54, 1.807) is 0 Å². The number of rotatable bonds is 6. The monoisotopic (exact) mass is 407 g/mol. The Kier molecular flexibility index (Phi) is 6.59. The second-order valence-corrected chi connectivity index (χ2v) is 6.87. The van der Waals surface area contributed by atoms with Crippen LogP contribution in [0.1, 0.15) is 44.9 Å². The molecular formula is C16H30IN3O. The molecule has 5 heteroatoms. The second kappa shape index (κ2) is 7.99. The van der Waals surface area contributed by atoms with Crippen molar-refractivity contribution in [2.45, 2.75) is 44.9 Å². The Morgan fingerprint density at radius 3 is 2.71 bits per heavy atom. The van der Waals surface area contributed by atoms with Crippen LogP contribution in [0.25, 0.3) is 0 Å². The van der Waals surface area contributed by atoms with Gasteiger partial charge in [-0.1, -0.05) is 6.42 Å². The first kappa shape index (κ1) is 17.3. The number of nitrogens with one attached hydrogen (secondary N) is 1. The summed E-state index contributed by atoms with van der Waals surface area (Å²) in [6.45, 7) is 5.22. The highest BCUT2D eigenvalue weighted by molar-refractivity contribution is 14.0. The molecule has 1 spiro atoms. The lowest BCUT2D eigenvalue weighted by Crippen LogP contribution is -2.43. The smallest absolute Gasteiger partial charge is 0.193 e. The first-order chi connectivity index (χ1) is 9.81. The molecule has 0 radical (unpaired) electrons. The van der Waals surface area contributed by atoms with Gasteiger partial charge < -0.3 is 15.0 Å². The van der Waals surface area contributed by atoms with Crippen molar-refractivity contribution in [3.05, 3.63) is 0 Å². The van der Waals surface area contributed by atoms with Gasteiger partial charge in [-0.05, 0) is 49.9 Å². The average molecular weight is 407 g/mol. The topological polar surface area (TPSA) is 36.9 Å². The standard InChI is InChI=1S/C16H29N3O.HI/c1-17-15(18-9-3-11-20-12-14-4-5-14)19-10-8-16(13-19)6-2-7-16;/h14H,2-13H2,1H3,(H,17,18);1H. The summed E-state index contributed by atoms with van der Waals surface area (Å²) in [7, 11) is 1.90. The van der Waals surface area contributed by atoms with Crippen molar-refractivity contribution in [3.8, 4) is 0 Å². The number of halogens is 1. The summed E-state index contributed by atoms with van der Waals surface area (Å²) in [6, 6.07) is 0. The molecule has 0 aromatic carbocycles. The molecule has 4 nitrogen and oxygen atoms in total. The van der Waals surface area contributed by atoms with Crippen LogP contribution in [0.3, 0.4) is 0 Å². The van der Waals surface area contributed by atoms with Gasteiger partial charge in [0.2, 0.25) is 0 Å². The predicted molar refractivity (Wildman–Crippen MR) is 97.4 cm³/mol. The fourth-order valence-corrected chi connectivity index (χ4v) is 3.44. The summed E-state index contributed by atoms with van der Waals surface area (Å²) < 4.78 is 5.66. The molecule has 1 N–H and O–H groups in total. The molecule has 0 unspecified atom stereocenters. The zero-order valence-electron chi connectivity index (χ0n) is 13.3. The average Bonchev–Trinajstić information content (AvgIpc) is 3.12. The second-order valence-electron chi connectivity index (χ2n) is 6.87. The first-order valence-corrected chi connectivity index (χ1v) is 8.35. The maximum atomic E-state index is 5.66. The highest BCUT2D eigenvalue weighted by atomic mass is 127. The highest BCUT2D eigenvalue weighted by Gasteiger charge is 2.43. The number of hydrogen-bond acceptors (Lipinski definition) is 2. The van der Waals surface area contributed by atoms with E-state index >= 15 is 0 Å². The fourth-order valence-electron chi connectivity index (χ4n) is 3.44. The van der Waals surface area contributed by atoms with Crippen LogP contribution < -0.4 is 5.32 Å². The van der Waals surface area contributed by atoms with Gasteiger partial charge in [-0.25, -0.2) is 0 Å². The molecule has 0 amide bonds. The SMILES string of the molecule is CN=C(NCCCOCC1CC1)N1CCC2(CCC2)C1.I. The Labute approximate surface area is 146 Å². The number of ether oxygens (including phenoxy) is 1. The van der Waals surface area contributed by atoms with Gasteiger partial charge in [0.15, 0.2) is 5.96 Å². The molecule has 1 saturated heterocycles. The van der Waals surface area contributed by atoms with Gasteiger partial charge >= 0.3 is 0 Å². The first-order valence-electron chi connectivity index (χ1n) is 8.35. The van der Waals surface area contributed by atoms with E-state index in [1.807, 2.05) is 7.05 Å². The minimum atomic E-state index is 0. The molecule has 122 valence electrons. The van der Waals surface area contributed by atoms with Gasteiger partial charge in [0.05, 0.1) is 0 Å². The molecule has 0 aromatic heterocycles. The summed E-state index contributed by atoms with van der Waals surface area (Å²) >= 11 is 0. The maximum Gasteiger partial charge on any atom is 0.193 e. The van der Waals surface area contributed by atoms with E-state index in [2.05, 4.69) is 15.2 Å². The molecule has 21 heavy (non-hydrogen) atoms. The van der Waals surface area contributed by atoms with Gasteiger partial charge in [-0.2, -0.15) is 0 Å². The van der Waals surface area contributed by atoms with Crippen LogP contribution >= 0.6 is 24.0 Å². The molecular weight excluding hydrogens is 377 g/mol. The Bertz CT molecular complexity index is 353. The number of hydrogen-bond donors (Lipinski definition) is 1. The summed E-state index contributed by atoms with van der Waals surface area (Å²) in [4.78, 5) is 6.89. The zero-order valence-corrected chi connectivity index (χ0v) is 15.6. The summed E-state index contributed by atoms with van der Waals surface area (Å²) in [5.41, 5.74) is 0.644. The lowest BCUT2D eigenvalue weighted by atomic mass is 9.68. The van der Waals surface area contributed by atoms with Gasteiger partial charge in [-0.3, -0.25) is 4.99 Å². The van der Waals surface area contributed by atoms with Crippen LogP contribution in [0.15, 0.2) is 4.99 Å². The summed E-state index contributed by atoms with van der Waals surface area (Å²) in [6.07, 6.45) is 9.47. The molecule has 2 aliphatic carbocycles. The van der Waals surface area contributed by atoms with Crippen LogP contribution in [-0.4, -0.2) is 50.8 Å². The molecule has 3 rings (SSSR count). The van der Waals surface area contributed by atoms with Crippen LogP contribution in [0.4, 0.5) is 0 Å². The van der Waals surface area contributed by atoms with E-state index in [9.17, 15) is 0 Å². The fraction of sp³-hybridized carbons (Fsp3) is 0.938. The van der Waals surface area contributed by atoms with E-state index in [-0.39, 0.29) is 24.0 Å². The van der Waals surface area contributed by atoms with Crippen LogP contribution in [-0.2, 0) is 4.74 Å². The number of likely N-dealkylation sites (tertiary alicyclic amines) is 1. The zero-order chi connectivity index (χ0) is 13.8. The maximum absolute atomic E-state index is 5.66. The third-order valence-corrected chi connectivity index (χ3v) is 5.16. The van der Waals surface area contributed by atoms with Crippen molar-refractivity contribution in [2.24, 2.45) is 16.3 Å². The molecule has 0 atom stereocenters. The molecule has 1 aliphatic heterocycles. The van der Waals surface area contributed by atoms with E-state index in [0.717, 1.165) is 38.1 Å². The largest absolute Gasteiger partial charge is 0.381 e. The number of guanidine groups is 1. The summed E-state index contributed by atoms with van der Waals surface area (Å²) in [5, 5.41) is 3.50. The molecule has 3 fully saturated rings.